The van der Waals surface area contributed by atoms with Gasteiger partial charge in [0.05, 0.1) is 22.6 Å². The molecule has 0 aliphatic heterocycles. The summed E-state index contributed by atoms with van der Waals surface area (Å²) in [7, 11) is 0. The Labute approximate surface area is 402 Å². The molecule has 0 aliphatic carbocycles. The van der Waals surface area contributed by atoms with E-state index in [9.17, 15) is 0 Å². The molecule has 10 aromatic carbocycles. The summed E-state index contributed by atoms with van der Waals surface area (Å²) in [5.74, 6) is 0.677. The van der Waals surface area contributed by atoms with E-state index in [1.54, 1.807) is 0 Å². The minimum absolute atomic E-state index is 0.677. The normalized spacial score (nSPS) is 11.7. The van der Waals surface area contributed by atoms with E-state index in [-0.39, 0.29) is 0 Å². The van der Waals surface area contributed by atoms with Crippen molar-refractivity contribution in [3.8, 4) is 78.5 Å². The van der Waals surface area contributed by atoms with Crippen LogP contribution in [0.2, 0.25) is 0 Å². The summed E-state index contributed by atoms with van der Waals surface area (Å²) in [6.45, 7) is 0. The highest BCUT2D eigenvalue weighted by molar-refractivity contribution is 6.27. The zero-order valence-corrected chi connectivity index (χ0v) is 37.7. The highest BCUT2D eigenvalue weighted by atomic mass is 16.3. The molecule has 326 valence electrons. The lowest BCUT2D eigenvalue weighted by Crippen LogP contribution is -1.96. The number of nitrogens with zero attached hydrogens (tertiary/aromatic N) is 3. The first-order chi connectivity index (χ1) is 34.7. The van der Waals surface area contributed by atoms with Crippen LogP contribution >= 0.6 is 0 Å². The minimum atomic E-state index is 0.677. The van der Waals surface area contributed by atoms with E-state index in [1.165, 1.54) is 0 Å². The molecule has 0 N–H and O–H groups in total. The first-order valence-electron chi connectivity index (χ1n) is 23.6. The van der Waals surface area contributed by atoms with Gasteiger partial charge in [0, 0.05) is 71.1 Å². The number of fused-ring (bicyclic) bond motifs is 9. The van der Waals surface area contributed by atoms with Gasteiger partial charge in [0.25, 0.3) is 0 Å². The molecule has 0 saturated carbocycles. The van der Waals surface area contributed by atoms with E-state index in [1.807, 2.05) is 42.5 Å². The number of para-hydroxylation sites is 4. The number of benzene rings is 10. The molecule has 0 fully saturated rings. The van der Waals surface area contributed by atoms with Gasteiger partial charge in [-0.2, -0.15) is 0 Å². The summed E-state index contributed by atoms with van der Waals surface area (Å²) < 4.78 is 13.0. The van der Waals surface area contributed by atoms with Crippen molar-refractivity contribution in [1.29, 1.82) is 0 Å². The van der Waals surface area contributed by atoms with Gasteiger partial charge < -0.3 is 8.83 Å². The quantitative estimate of drug-likeness (QED) is 0.149. The number of aromatic nitrogens is 3. The lowest BCUT2D eigenvalue weighted by atomic mass is 9.89. The Bertz CT molecular complexity index is 4310. The van der Waals surface area contributed by atoms with Crippen LogP contribution in [0.5, 0.6) is 0 Å². The lowest BCUT2D eigenvalue weighted by molar-refractivity contribution is 0.669. The van der Waals surface area contributed by atoms with E-state index >= 15 is 0 Å². The Kier molecular flexibility index (Phi) is 9.14. The van der Waals surface area contributed by atoms with E-state index < -0.39 is 0 Å². The van der Waals surface area contributed by atoms with E-state index in [0.29, 0.717) is 5.82 Å². The van der Waals surface area contributed by atoms with Crippen LogP contribution in [-0.4, -0.2) is 15.0 Å². The standard InChI is InChI=1S/C65H39N3O2/c1-3-14-46(15-4-1)63-53-38-59-62(52-20-9-12-25-58(52)69-59)60(61(53)51-19-7-10-23-54(51)66-63)45-36-28-41(29-37-45)40-26-32-43(33-27-40)55-39-56(68-65(67-55)47-16-5-2-6-17-47)44-34-30-42(31-35-44)48-21-13-22-50-49-18-8-11-24-57(49)70-64(48)50/h1-39H. The molecule has 14 aromatic rings. The molecule has 0 aliphatic rings. The van der Waals surface area contributed by atoms with Crippen LogP contribution in [0.1, 0.15) is 0 Å². The largest absolute Gasteiger partial charge is 0.456 e. The van der Waals surface area contributed by atoms with E-state index in [2.05, 4.69) is 194 Å². The number of rotatable bonds is 7. The van der Waals surface area contributed by atoms with Gasteiger partial charge >= 0.3 is 0 Å². The smallest absolute Gasteiger partial charge is 0.160 e. The van der Waals surface area contributed by atoms with Crippen molar-refractivity contribution in [3.05, 3.63) is 237 Å². The van der Waals surface area contributed by atoms with Crippen molar-refractivity contribution in [2.24, 2.45) is 0 Å². The van der Waals surface area contributed by atoms with Crippen molar-refractivity contribution in [3.63, 3.8) is 0 Å². The van der Waals surface area contributed by atoms with Crippen molar-refractivity contribution in [2.45, 2.75) is 0 Å². The molecule has 0 unspecified atom stereocenters. The van der Waals surface area contributed by atoms with Gasteiger partial charge in [-0.25, -0.2) is 15.0 Å². The number of furan rings is 2. The number of hydrogen-bond acceptors (Lipinski definition) is 5. The molecule has 0 spiro atoms. The maximum atomic E-state index is 6.63. The summed E-state index contributed by atoms with van der Waals surface area (Å²) >= 11 is 0. The molecular formula is C65H39N3O2. The minimum Gasteiger partial charge on any atom is -0.456 e. The van der Waals surface area contributed by atoms with Crippen molar-refractivity contribution >= 4 is 65.6 Å². The van der Waals surface area contributed by atoms with Gasteiger partial charge in [-0.15, -0.1) is 0 Å². The Hall–Kier alpha value is -9.45. The van der Waals surface area contributed by atoms with Crippen molar-refractivity contribution in [2.75, 3.05) is 0 Å². The summed E-state index contributed by atoms with van der Waals surface area (Å²) in [6, 6.07) is 82.6. The Morgan fingerprint density at radius 2 is 0.814 bits per heavy atom. The number of pyridine rings is 1. The fourth-order valence-electron chi connectivity index (χ4n) is 10.3. The topological polar surface area (TPSA) is 65.0 Å². The molecule has 14 rings (SSSR count). The van der Waals surface area contributed by atoms with Crippen LogP contribution in [0.25, 0.3) is 144 Å². The Morgan fingerprint density at radius 3 is 1.50 bits per heavy atom. The van der Waals surface area contributed by atoms with Gasteiger partial charge in [-0.1, -0.05) is 206 Å². The monoisotopic (exact) mass is 893 g/mol. The molecule has 0 amide bonds. The highest BCUT2D eigenvalue weighted by Crippen LogP contribution is 2.47. The van der Waals surface area contributed by atoms with Crippen molar-refractivity contribution in [1.82, 2.24) is 15.0 Å². The average Bonchev–Trinajstić information content (AvgIpc) is 4.01. The third-order valence-corrected chi connectivity index (χ3v) is 13.7. The van der Waals surface area contributed by atoms with Crippen LogP contribution in [0.4, 0.5) is 0 Å². The van der Waals surface area contributed by atoms with Gasteiger partial charge in [0.15, 0.2) is 5.82 Å². The molecule has 5 nitrogen and oxygen atoms in total. The molecule has 4 aromatic heterocycles. The summed E-state index contributed by atoms with van der Waals surface area (Å²) in [5, 5.41) is 7.76. The predicted octanol–water partition coefficient (Wildman–Crippen LogP) is 17.6. The molecule has 4 heterocycles. The maximum Gasteiger partial charge on any atom is 0.160 e. The molecule has 5 heteroatoms. The van der Waals surface area contributed by atoms with Gasteiger partial charge in [-0.05, 0) is 52.6 Å². The van der Waals surface area contributed by atoms with Crippen molar-refractivity contribution < 1.29 is 8.83 Å². The van der Waals surface area contributed by atoms with Crippen LogP contribution in [0.15, 0.2) is 245 Å². The van der Waals surface area contributed by atoms with Gasteiger partial charge in [0.2, 0.25) is 0 Å². The molecule has 70 heavy (non-hydrogen) atoms. The molecular weight excluding hydrogens is 855 g/mol. The lowest BCUT2D eigenvalue weighted by Gasteiger charge is -2.16. The maximum absolute atomic E-state index is 6.63. The first-order valence-corrected chi connectivity index (χ1v) is 23.6. The van der Waals surface area contributed by atoms with Gasteiger partial charge in [0.1, 0.15) is 22.3 Å². The third kappa shape index (κ3) is 6.59. The van der Waals surface area contributed by atoms with E-state index in [4.69, 9.17) is 23.8 Å². The SMILES string of the molecule is c1ccc(-c2nc(-c3ccc(-c4ccc(-c5c6c(cc7c(-c8ccccc8)nc8ccccc8c57)oc5ccccc56)cc4)cc3)cc(-c3ccc(-c4cccc5c4oc4ccccc45)cc3)n2)cc1. The summed E-state index contributed by atoms with van der Waals surface area (Å²) in [6.07, 6.45) is 0. The van der Waals surface area contributed by atoms with E-state index in [0.717, 1.165) is 138 Å². The molecule has 0 saturated heterocycles. The van der Waals surface area contributed by atoms with Gasteiger partial charge in [-0.3, -0.25) is 0 Å². The predicted molar refractivity (Wildman–Crippen MR) is 287 cm³/mol. The molecule has 0 atom stereocenters. The van der Waals surface area contributed by atoms with Crippen LogP contribution in [0.3, 0.4) is 0 Å². The molecule has 0 radical (unpaired) electrons. The fourth-order valence-corrected chi connectivity index (χ4v) is 10.3. The zero-order chi connectivity index (χ0) is 46.1. The van der Waals surface area contributed by atoms with Crippen LogP contribution in [0, 0.1) is 0 Å². The molecule has 0 bridgehead atoms. The number of hydrogen-bond donors (Lipinski definition) is 0. The second-order valence-electron chi connectivity index (χ2n) is 17.8. The Balaban J connectivity index is 0.842. The zero-order valence-electron chi connectivity index (χ0n) is 37.7. The van der Waals surface area contributed by atoms with Crippen LogP contribution in [-0.2, 0) is 0 Å². The Morgan fingerprint density at radius 1 is 0.286 bits per heavy atom. The summed E-state index contributed by atoms with van der Waals surface area (Å²) in [5.41, 5.74) is 17.7. The second-order valence-corrected chi connectivity index (χ2v) is 17.8. The summed E-state index contributed by atoms with van der Waals surface area (Å²) in [4.78, 5) is 15.5. The average molecular weight is 894 g/mol. The third-order valence-electron chi connectivity index (χ3n) is 13.7. The van der Waals surface area contributed by atoms with Crippen LogP contribution < -0.4 is 0 Å². The fraction of sp³-hybridized carbons (Fsp3) is 0. The highest BCUT2D eigenvalue weighted by Gasteiger charge is 2.22. The first kappa shape index (κ1) is 39.7. The second kappa shape index (κ2) is 16.1.